The molecule has 6 heteroatoms. The van der Waals surface area contributed by atoms with Crippen LogP contribution in [0.2, 0.25) is 0 Å². The van der Waals surface area contributed by atoms with E-state index in [4.69, 9.17) is 0 Å². The first-order valence-electron chi connectivity index (χ1n) is 8.57. The smallest absolute Gasteiger partial charge is 0.225 e. The lowest BCUT2D eigenvalue weighted by Gasteiger charge is -2.31. The summed E-state index contributed by atoms with van der Waals surface area (Å²) in [5.74, 6) is 1.64. The highest BCUT2D eigenvalue weighted by atomic mass is 16.2. The largest absolute Gasteiger partial charge is 0.353 e. The van der Waals surface area contributed by atoms with Crippen molar-refractivity contribution in [3.8, 4) is 0 Å². The van der Waals surface area contributed by atoms with E-state index in [0.29, 0.717) is 11.8 Å². The number of aryl methyl sites for hydroxylation is 1. The summed E-state index contributed by atoms with van der Waals surface area (Å²) in [6, 6.07) is 2.07. The molecular formula is C17H23N5O. The third kappa shape index (κ3) is 2.66. The molecule has 1 aliphatic heterocycles. The molecule has 4 rings (SSSR count). The van der Waals surface area contributed by atoms with Crippen molar-refractivity contribution in [2.75, 3.05) is 31.1 Å². The molecule has 0 spiro atoms. The van der Waals surface area contributed by atoms with Crippen LogP contribution in [-0.4, -0.2) is 51.6 Å². The molecule has 2 aliphatic rings. The Morgan fingerprint density at radius 3 is 2.83 bits per heavy atom. The quantitative estimate of drug-likeness (QED) is 0.849. The van der Waals surface area contributed by atoms with Gasteiger partial charge in [-0.05, 0) is 32.3 Å². The molecule has 3 heterocycles. The average Bonchev–Trinajstić information content (AvgIpc) is 2.71. The highest BCUT2D eigenvalue weighted by molar-refractivity contribution is 5.79. The average molecular weight is 313 g/mol. The predicted octanol–water partition coefficient (Wildman–Crippen LogP) is 1.88. The summed E-state index contributed by atoms with van der Waals surface area (Å²) in [6.45, 7) is 5.44. The molecule has 0 aromatic carbocycles. The molecule has 23 heavy (non-hydrogen) atoms. The Bertz CT molecular complexity index is 721. The highest BCUT2D eigenvalue weighted by Gasteiger charge is 2.30. The number of hydrogen-bond acceptors (Lipinski definition) is 4. The zero-order chi connectivity index (χ0) is 15.8. The van der Waals surface area contributed by atoms with Crippen LogP contribution >= 0.6 is 0 Å². The highest BCUT2D eigenvalue weighted by Crippen LogP contribution is 2.29. The maximum Gasteiger partial charge on any atom is 0.225 e. The van der Waals surface area contributed by atoms with Crippen molar-refractivity contribution in [2.45, 2.75) is 32.6 Å². The molecular weight excluding hydrogens is 290 g/mol. The first-order chi connectivity index (χ1) is 11.2. The number of aromatic nitrogens is 3. The van der Waals surface area contributed by atoms with E-state index in [1.54, 1.807) is 6.20 Å². The van der Waals surface area contributed by atoms with Gasteiger partial charge in [-0.25, -0.2) is 9.50 Å². The van der Waals surface area contributed by atoms with E-state index < -0.39 is 0 Å². The van der Waals surface area contributed by atoms with Gasteiger partial charge < -0.3 is 9.80 Å². The third-order valence-electron chi connectivity index (χ3n) is 5.05. The molecule has 0 bridgehead atoms. The van der Waals surface area contributed by atoms with Crippen LogP contribution in [0.15, 0.2) is 18.5 Å². The lowest BCUT2D eigenvalue weighted by atomic mass is 9.84. The van der Waals surface area contributed by atoms with Crippen molar-refractivity contribution < 1.29 is 4.79 Å². The van der Waals surface area contributed by atoms with Crippen molar-refractivity contribution in [3.05, 3.63) is 24.2 Å². The fourth-order valence-electron chi connectivity index (χ4n) is 3.54. The Morgan fingerprint density at radius 1 is 1.17 bits per heavy atom. The van der Waals surface area contributed by atoms with E-state index in [9.17, 15) is 4.79 Å². The SMILES string of the molecule is Cc1cc2c(N3CCCN(C(=O)C4CCC4)CC3)nccn2n1. The molecule has 2 aromatic rings. The summed E-state index contributed by atoms with van der Waals surface area (Å²) < 4.78 is 1.89. The number of fused-ring (bicyclic) bond motifs is 1. The van der Waals surface area contributed by atoms with Crippen molar-refractivity contribution in [3.63, 3.8) is 0 Å². The van der Waals surface area contributed by atoms with E-state index in [1.807, 2.05) is 17.6 Å². The van der Waals surface area contributed by atoms with Gasteiger partial charge in [0.25, 0.3) is 0 Å². The zero-order valence-electron chi connectivity index (χ0n) is 13.6. The molecule has 0 atom stereocenters. The Labute approximate surface area is 136 Å². The monoisotopic (exact) mass is 313 g/mol. The van der Waals surface area contributed by atoms with Crippen LogP contribution in [0.3, 0.4) is 0 Å². The van der Waals surface area contributed by atoms with E-state index >= 15 is 0 Å². The Hall–Kier alpha value is -2.11. The van der Waals surface area contributed by atoms with Gasteiger partial charge in [-0.1, -0.05) is 6.42 Å². The van der Waals surface area contributed by atoms with Crippen LogP contribution in [-0.2, 0) is 4.79 Å². The second-order valence-corrected chi connectivity index (χ2v) is 6.66. The minimum absolute atomic E-state index is 0.292. The molecule has 0 radical (unpaired) electrons. The normalized spacial score (nSPS) is 19.7. The first kappa shape index (κ1) is 14.5. The number of hydrogen-bond donors (Lipinski definition) is 0. The summed E-state index contributed by atoms with van der Waals surface area (Å²) >= 11 is 0. The Balaban J connectivity index is 1.52. The topological polar surface area (TPSA) is 53.7 Å². The molecule has 122 valence electrons. The van der Waals surface area contributed by atoms with Crippen LogP contribution in [0.4, 0.5) is 5.82 Å². The standard InChI is InChI=1S/C17H23N5O/c1-13-12-15-16(18-6-9-22(15)19-13)20-7-3-8-21(11-10-20)17(23)14-4-2-5-14/h6,9,12,14H,2-5,7-8,10-11H2,1H3. The number of carbonyl (C=O) groups is 1. The van der Waals surface area contributed by atoms with E-state index in [1.165, 1.54) is 6.42 Å². The summed E-state index contributed by atoms with van der Waals surface area (Å²) in [5, 5.41) is 4.46. The zero-order valence-corrected chi connectivity index (χ0v) is 13.6. The molecule has 6 nitrogen and oxygen atoms in total. The molecule has 0 N–H and O–H groups in total. The van der Waals surface area contributed by atoms with Gasteiger partial charge in [0, 0.05) is 44.5 Å². The molecule has 1 amide bonds. The van der Waals surface area contributed by atoms with E-state index in [2.05, 4.69) is 25.9 Å². The van der Waals surface area contributed by atoms with Crippen LogP contribution in [0.25, 0.3) is 5.52 Å². The van der Waals surface area contributed by atoms with Gasteiger partial charge in [0.1, 0.15) is 5.52 Å². The van der Waals surface area contributed by atoms with E-state index in [-0.39, 0.29) is 0 Å². The second kappa shape index (κ2) is 5.83. The van der Waals surface area contributed by atoms with Gasteiger partial charge in [0.2, 0.25) is 5.91 Å². The first-order valence-corrected chi connectivity index (χ1v) is 8.57. The fraction of sp³-hybridized carbons (Fsp3) is 0.588. The molecule has 1 saturated carbocycles. The summed E-state index contributed by atoms with van der Waals surface area (Å²) in [4.78, 5) is 21.4. The molecule has 2 aromatic heterocycles. The lowest BCUT2D eigenvalue weighted by molar-refractivity contribution is -0.137. The van der Waals surface area contributed by atoms with Gasteiger partial charge in [0.05, 0.1) is 5.69 Å². The van der Waals surface area contributed by atoms with Crippen molar-refractivity contribution in [2.24, 2.45) is 5.92 Å². The van der Waals surface area contributed by atoms with Crippen LogP contribution in [0.1, 0.15) is 31.4 Å². The maximum absolute atomic E-state index is 12.5. The molecule has 1 saturated heterocycles. The van der Waals surface area contributed by atoms with Gasteiger partial charge in [-0.3, -0.25) is 4.79 Å². The summed E-state index contributed by atoms with van der Waals surface area (Å²) in [5.41, 5.74) is 2.04. The van der Waals surface area contributed by atoms with Gasteiger partial charge in [-0.2, -0.15) is 5.10 Å². The van der Waals surface area contributed by atoms with Crippen molar-refractivity contribution >= 4 is 17.2 Å². The van der Waals surface area contributed by atoms with Crippen LogP contribution in [0, 0.1) is 12.8 Å². The van der Waals surface area contributed by atoms with Crippen LogP contribution in [0.5, 0.6) is 0 Å². The minimum atomic E-state index is 0.292. The lowest BCUT2D eigenvalue weighted by Crippen LogP contribution is -2.41. The summed E-state index contributed by atoms with van der Waals surface area (Å²) in [6.07, 6.45) is 8.05. The van der Waals surface area contributed by atoms with Crippen molar-refractivity contribution in [1.82, 2.24) is 19.5 Å². The van der Waals surface area contributed by atoms with Gasteiger partial charge in [0.15, 0.2) is 5.82 Å². The van der Waals surface area contributed by atoms with Gasteiger partial charge >= 0.3 is 0 Å². The minimum Gasteiger partial charge on any atom is -0.353 e. The maximum atomic E-state index is 12.5. The molecule has 2 fully saturated rings. The van der Waals surface area contributed by atoms with Crippen LogP contribution < -0.4 is 4.90 Å². The van der Waals surface area contributed by atoms with Gasteiger partial charge in [-0.15, -0.1) is 0 Å². The second-order valence-electron chi connectivity index (χ2n) is 6.66. The summed E-state index contributed by atoms with van der Waals surface area (Å²) in [7, 11) is 0. The number of carbonyl (C=O) groups excluding carboxylic acids is 1. The number of anilines is 1. The number of nitrogens with zero attached hydrogens (tertiary/aromatic N) is 5. The fourth-order valence-corrected chi connectivity index (χ4v) is 3.54. The number of amides is 1. The predicted molar refractivity (Wildman–Crippen MR) is 88.5 cm³/mol. The number of rotatable bonds is 2. The third-order valence-corrected chi connectivity index (χ3v) is 5.05. The Kier molecular flexibility index (Phi) is 3.67. The Morgan fingerprint density at radius 2 is 2.04 bits per heavy atom. The molecule has 1 aliphatic carbocycles. The molecule has 0 unspecified atom stereocenters. The van der Waals surface area contributed by atoms with Crippen molar-refractivity contribution in [1.29, 1.82) is 0 Å². The van der Waals surface area contributed by atoms with E-state index in [0.717, 1.165) is 62.5 Å².